The summed E-state index contributed by atoms with van der Waals surface area (Å²) in [4.78, 5) is 11.9. The normalized spacial score (nSPS) is 10.6. The number of ether oxygens (including phenoxy) is 3. The van der Waals surface area contributed by atoms with Crippen molar-refractivity contribution in [2.75, 3.05) is 20.3 Å². The summed E-state index contributed by atoms with van der Waals surface area (Å²) in [6.45, 7) is 6.21. The zero-order valence-corrected chi connectivity index (χ0v) is 15.5. The molecule has 0 aliphatic rings. The number of aryl methyl sites for hydroxylation is 2. The van der Waals surface area contributed by atoms with Crippen LogP contribution in [0.2, 0.25) is 0 Å². The molecule has 0 saturated carbocycles. The van der Waals surface area contributed by atoms with Gasteiger partial charge >= 0.3 is 0 Å². The molecule has 6 nitrogen and oxygen atoms in total. The van der Waals surface area contributed by atoms with Gasteiger partial charge in [-0.1, -0.05) is 18.2 Å². The molecule has 0 radical (unpaired) electrons. The monoisotopic (exact) mass is 356 g/mol. The Balaban J connectivity index is 1.91. The Labute approximate surface area is 153 Å². The molecule has 0 aromatic heterocycles. The highest BCUT2D eigenvalue weighted by Crippen LogP contribution is 2.27. The van der Waals surface area contributed by atoms with Crippen molar-refractivity contribution < 1.29 is 19.0 Å². The summed E-state index contributed by atoms with van der Waals surface area (Å²) < 4.78 is 16.3. The van der Waals surface area contributed by atoms with Crippen LogP contribution in [0.15, 0.2) is 41.5 Å². The average Bonchev–Trinajstić information content (AvgIpc) is 2.62. The zero-order chi connectivity index (χ0) is 18.9. The van der Waals surface area contributed by atoms with Crippen molar-refractivity contribution in [2.24, 2.45) is 5.10 Å². The molecule has 2 rings (SSSR count). The van der Waals surface area contributed by atoms with Crippen LogP contribution < -0.4 is 19.6 Å². The number of amides is 1. The van der Waals surface area contributed by atoms with Gasteiger partial charge in [0.25, 0.3) is 5.91 Å². The number of hydrogen-bond acceptors (Lipinski definition) is 5. The molecule has 0 atom stereocenters. The van der Waals surface area contributed by atoms with E-state index in [0.29, 0.717) is 18.1 Å². The summed E-state index contributed by atoms with van der Waals surface area (Å²) in [5.41, 5.74) is 5.21. The van der Waals surface area contributed by atoms with E-state index in [9.17, 15) is 4.79 Å². The fraction of sp³-hybridized carbons (Fsp3) is 0.300. The highest BCUT2D eigenvalue weighted by molar-refractivity contribution is 5.83. The van der Waals surface area contributed by atoms with Gasteiger partial charge < -0.3 is 14.2 Å². The summed E-state index contributed by atoms with van der Waals surface area (Å²) in [7, 11) is 1.59. The summed E-state index contributed by atoms with van der Waals surface area (Å²) in [6, 6.07) is 11.2. The largest absolute Gasteiger partial charge is 0.493 e. The molecule has 0 bridgehead atoms. The second kappa shape index (κ2) is 9.46. The van der Waals surface area contributed by atoms with Gasteiger partial charge in [0.05, 0.1) is 19.9 Å². The van der Waals surface area contributed by atoms with Gasteiger partial charge in [-0.05, 0) is 55.7 Å². The van der Waals surface area contributed by atoms with E-state index in [0.717, 1.165) is 22.4 Å². The number of carbonyl (C=O) groups is 1. The number of rotatable bonds is 8. The molecule has 2 aromatic rings. The van der Waals surface area contributed by atoms with Crippen LogP contribution in [0.3, 0.4) is 0 Å². The van der Waals surface area contributed by atoms with E-state index in [1.165, 1.54) is 0 Å². The molecule has 138 valence electrons. The van der Waals surface area contributed by atoms with Crippen LogP contribution >= 0.6 is 0 Å². The number of para-hydroxylation sites is 1. The molecular formula is C20H24N2O4. The maximum Gasteiger partial charge on any atom is 0.277 e. The van der Waals surface area contributed by atoms with Crippen LogP contribution in [0.1, 0.15) is 23.6 Å². The van der Waals surface area contributed by atoms with Gasteiger partial charge in [-0.3, -0.25) is 4.79 Å². The maximum absolute atomic E-state index is 11.9. The first kappa shape index (κ1) is 19.3. The van der Waals surface area contributed by atoms with Gasteiger partial charge in [0.2, 0.25) is 0 Å². The molecule has 2 aromatic carbocycles. The number of carbonyl (C=O) groups excluding carboxylic acids is 1. The first-order chi connectivity index (χ1) is 12.5. The summed E-state index contributed by atoms with van der Waals surface area (Å²) in [5.74, 6) is 1.67. The SMILES string of the molecule is CCOc1cc(/C=N\NC(=O)COc2c(C)cccc2C)ccc1OC. The average molecular weight is 356 g/mol. The summed E-state index contributed by atoms with van der Waals surface area (Å²) in [5, 5.41) is 3.95. The lowest BCUT2D eigenvalue weighted by atomic mass is 10.1. The van der Waals surface area contributed by atoms with E-state index in [1.54, 1.807) is 25.5 Å². The molecule has 0 aliphatic heterocycles. The molecule has 1 amide bonds. The van der Waals surface area contributed by atoms with Crippen molar-refractivity contribution in [2.45, 2.75) is 20.8 Å². The third kappa shape index (κ3) is 5.24. The van der Waals surface area contributed by atoms with Crippen molar-refractivity contribution in [1.82, 2.24) is 5.43 Å². The molecule has 0 spiro atoms. The third-order valence-electron chi connectivity index (χ3n) is 3.65. The Morgan fingerprint density at radius 2 is 1.85 bits per heavy atom. The second-order valence-corrected chi connectivity index (χ2v) is 5.65. The molecule has 1 N–H and O–H groups in total. The summed E-state index contributed by atoms with van der Waals surface area (Å²) >= 11 is 0. The number of benzene rings is 2. The molecular weight excluding hydrogens is 332 g/mol. The van der Waals surface area contributed by atoms with Crippen molar-refractivity contribution in [3.8, 4) is 17.2 Å². The smallest absolute Gasteiger partial charge is 0.277 e. The lowest BCUT2D eigenvalue weighted by Crippen LogP contribution is -2.25. The number of nitrogens with zero attached hydrogens (tertiary/aromatic N) is 1. The minimum absolute atomic E-state index is 0.101. The first-order valence-electron chi connectivity index (χ1n) is 8.37. The highest BCUT2D eigenvalue weighted by Gasteiger charge is 2.07. The Morgan fingerprint density at radius 1 is 1.12 bits per heavy atom. The Hall–Kier alpha value is -3.02. The standard InChI is InChI=1S/C20H24N2O4/c1-5-25-18-11-16(9-10-17(18)24-4)12-21-22-19(23)13-26-20-14(2)7-6-8-15(20)3/h6-12H,5,13H2,1-4H3,(H,22,23)/b21-12-. The van der Waals surface area contributed by atoms with Crippen molar-refractivity contribution >= 4 is 12.1 Å². The number of methoxy groups -OCH3 is 1. The molecule has 26 heavy (non-hydrogen) atoms. The van der Waals surface area contributed by atoms with Gasteiger partial charge in [0.15, 0.2) is 18.1 Å². The summed E-state index contributed by atoms with van der Waals surface area (Å²) in [6.07, 6.45) is 1.54. The minimum Gasteiger partial charge on any atom is -0.493 e. The highest BCUT2D eigenvalue weighted by atomic mass is 16.5. The quantitative estimate of drug-likeness (QED) is 0.582. The molecule has 0 saturated heterocycles. The van der Waals surface area contributed by atoms with Gasteiger partial charge in [-0.25, -0.2) is 5.43 Å². The van der Waals surface area contributed by atoms with E-state index >= 15 is 0 Å². The fourth-order valence-corrected chi connectivity index (χ4v) is 2.42. The van der Waals surface area contributed by atoms with Crippen LogP contribution in [0.5, 0.6) is 17.2 Å². The Bertz CT molecular complexity index is 767. The maximum atomic E-state index is 11.9. The molecule has 0 unspecified atom stereocenters. The third-order valence-corrected chi connectivity index (χ3v) is 3.65. The topological polar surface area (TPSA) is 69.2 Å². The number of hydrazone groups is 1. The van der Waals surface area contributed by atoms with Crippen LogP contribution in [-0.2, 0) is 4.79 Å². The van der Waals surface area contributed by atoms with Crippen LogP contribution in [0, 0.1) is 13.8 Å². The van der Waals surface area contributed by atoms with Crippen molar-refractivity contribution in [3.63, 3.8) is 0 Å². The lowest BCUT2D eigenvalue weighted by molar-refractivity contribution is -0.123. The second-order valence-electron chi connectivity index (χ2n) is 5.65. The number of hydrogen-bond donors (Lipinski definition) is 1. The van der Waals surface area contributed by atoms with Crippen molar-refractivity contribution in [3.05, 3.63) is 53.1 Å². The predicted molar refractivity (Wildman–Crippen MR) is 101 cm³/mol. The zero-order valence-electron chi connectivity index (χ0n) is 15.5. The van der Waals surface area contributed by atoms with E-state index in [2.05, 4.69) is 10.5 Å². The van der Waals surface area contributed by atoms with E-state index in [4.69, 9.17) is 14.2 Å². The van der Waals surface area contributed by atoms with Gasteiger partial charge in [0, 0.05) is 0 Å². The first-order valence-corrected chi connectivity index (χ1v) is 8.37. The Morgan fingerprint density at radius 3 is 2.50 bits per heavy atom. The van der Waals surface area contributed by atoms with E-state index < -0.39 is 0 Å². The molecule has 0 aliphatic carbocycles. The predicted octanol–water partition coefficient (Wildman–Crippen LogP) is 3.24. The van der Waals surface area contributed by atoms with E-state index in [-0.39, 0.29) is 12.5 Å². The molecule has 6 heteroatoms. The van der Waals surface area contributed by atoms with Gasteiger partial charge in [0.1, 0.15) is 5.75 Å². The van der Waals surface area contributed by atoms with Crippen LogP contribution in [-0.4, -0.2) is 32.4 Å². The fourth-order valence-electron chi connectivity index (χ4n) is 2.42. The molecule has 0 heterocycles. The number of nitrogens with one attached hydrogen (secondary N) is 1. The Kier molecular flexibility index (Phi) is 7.02. The van der Waals surface area contributed by atoms with E-state index in [1.807, 2.05) is 45.0 Å². The van der Waals surface area contributed by atoms with Gasteiger partial charge in [-0.2, -0.15) is 5.10 Å². The van der Waals surface area contributed by atoms with Crippen LogP contribution in [0.4, 0.5) is 0 Å². The van der Waals surface area contributed by atoms with Crippen molar-refractivity contribution in [1.29, 1.82) is 0 Å². The molecule has 0 fully saturated rings. The van der Waals surface area contributed by atoms with Crippen LogP contribution in [0.25, 0.3) is 0 Å². The van der Waals surface area contributed by atoms with Gasteiger partial charge in [-0.15, -0.1) is 0 Å². The minimum atomic E-state index is -0.331. The lowest BCUT2D eigenvalue weighted by Gasteiger charge is -2.11.